The molecule has 26 heavy (non-hydrogen) atoms. The molecule has 0 radical (unpaired) electrons. The van der Waals surface area contributed by atoms with E-state index in [2.05, 4.69) is 45.0 Å². The van der Waals surface area contributed by atoms with Crippen molar-refractivity contribution in [3.05, 3.63) is 35.4 Å². The first-order chi connectivity index (χ1) is 12.7. The Kier molecular flexibility index (Phi) is 7.64. The topological polar surface area (TPSA) is 0 Å². The van der Waals surface area contributed by atoms with Crippen molar-refractivity contribution in [2.45, 2.75) is 104 Å². The van der Waals surface area contributed by atoms with Gasteiger partial charge < -0.3 is 0 Å². The SMILES string of the molecule is CCCCCC1CCC(C2CCC(c3ccc(CC)cc3)CC2)C(C)C1. The van der Waals surface area contributed by atoms with Crippen molar-refractivity contribution in [2.75, 3.05) is 0 Å². The Morgan fingerprint density at radius 3 is 2.19 bits per heavy atom. The molecule has 1 aromatic rings. The predicted octanol–water partition coefficient (Wildman–Crippen LogP) is 8.16. The average Bonchev–Trinajstić information content (AvgIpc) is 2.69. The molecule has 3 atom stereocenters. The summed E-state index contributed by atoms with van der Waals surface area (Å²) in [6.07, 6.45) is 17.3. The first kappa shape index (κ1) is 20.0. The molecular weight excluding hydrogens is 312 g/mol. The third-order valence-corrected chi connectivity index (χ3v) is 7.80. The number of unbranched alkanes of at least 4 members (excludes halogenated alkanes) is 2. The largest absolute Gasteiger partial charge is 0.0654 e. The van der Waals surface area contributed by atoms with Gasteiger partial charge in [0.1, 0.15) is 0 Å². The smallest absolute Gasteiger partial charge is 0.0162 e. The van der Waals surface area contributed by atoms with Crippen molar-refractivity contribution < 1.29 is 0 Å². The highest BCUT2D eigenvalue weighted by Gasteiger charge is 2.35. The molecule has 0 saturated heterocycles. The van der Waals surface area contributed by atoms with Crippen molar-refractivity contribution in [1.82, 2.24) is 0 Å². The van der Waals surface area contributed by atoms with Crippen LogP contribution in [-0.4, -0.2) is 0 Å². The molecule has 0 aromatic heterocycles. The van der Waals surface area contributed by atoms with Gasteiger partial charge in [-0.05, 0) is 85.7 Å². The van der Waals surface area contributed by atoms with Crippen LogP contribution in [0.1, 0.15) is 108 Å². The molecule has 2 aliphatic rings. The van der Waals surface area contributed by atoms with Crippen LogP contribution in [0.5, 0.6) is 0 Å². The molecule has 0 amide bonds. The zero-order valence-corrected chi connectivity index (χ0v) is 17.7. The first-order valence-electron chi connectivity index (χ1n) is 11.8. The van der Waals surface area contributed by atoms with Crippen molar-refractivity contribution in [1.29, 1.82) is 0 Å². The molecule has 0 aliphatic heterocycles. The summed E-state index contributed by atoms with van der Waals surface area (Å²) in [6, 6.07) is 9.52. The van der Waals surface area contributed by atoms with Gasteiger partial charge in [-0.25, -0.2) is 0 Å². The molecule has 2 saturated carbocycles. The fraction of sp³-hybridized carbons (Fsp3) is 0.769. The van der Waals surface area contributed by atoms with Gasteiger partial charge in [-0.2, -0.15) is 0 Å². The lowest BCUT2D eigenvalue weighted by atomic mass is 9.64. The van der Waals surface area contributed by atoms with Crippen LogP contribution < -0.4 is 0 Å². The summed E-state index contributed by atoms with van der Waals surface area (Å²) in [4.78, 5) is 0. The normalized spacial score (nSPS) is 32.5. The third-order valence-electron chi connectivity index (χ3n) is 7.80. The van der Waals surface area contributed by atoms with Crippen LogP contribution in [0, 0.1) is 23.7 Å². The maximum Gasteiger partial charge on any atom is -0.0162 e. The van der Waals surface area contributed by atoms with Crippen molar-refractivity contribution in [3.8, 4) is 0 Å². The summed E-state index contributed by atoms with van der Waals surface area (Å²) in [5.41, 5.74) is 3.08. The molecule has 2 aliphatic carbocycles. The van der Waals surface area contributed by atoms with Crippen LogP contribution in [0.2, 0.25) is 0 Å². The van der Waals surface area contributed by atoms with Crippen LogP contribution >= 0.6 is 0 Å². The summed E-state index contributed by atoms with van der Waals surface area (Å²) in [5.74, 6) is 4.90. The second kappa shape index (κ2) is 9.95. The standard InChI is InChI=1S/C26H42/c1-4-6-7-8-22-11-18-26(20(3)19-22)25-16-14-24(15-17-25)23-12-9-21(5-2)10-13-23/h9-10,12-13,20,22,24-26H,4-8,11,14-19H2,1-3H3. The van der Waals surface area contributed by atoms with E-state index >= 15 is 0 Å². The Labute approximate surface area is 163 Å². The molecule has 146 valence electrons. The maximum atomic E-state index is 2.58. The molecule has 0 spiro atoms. The van der Waals surface area contributed by atoms with E-state index in [-0.39, 0.29) is 0 Å². The lowest BCUT2D eigenvalue weighted by Crippen LogP contribution is -2.31. The Hall–Kier alpha value is -0.780. The fourth-order valence-corrected chi connectivity index (χ4v) is 6.08. The maximum absolute atomic E-state index is 2.58. The second-order valence-corrected chi connectivity index (χ2v) is 9.52. The molecule has 0 nitrogen and oxygen atoms in total. The molecule has 0 heteroatoms. The van der Waals surface area contributed by atoms with E-state index in [1.807, 2.05) is 0 Å². The minimum Gasteiger partial charge on any atom is -0.0654 e. The molecule has 3 rings (SSSR count). The number of benzene rings is 1. The average molecular weight is 355 g/mol. The molecule has 2 fully saturated rings. The van der Waals surface area contributed by atoms with Gasteiger partial charge in [-0.15, -0.1) is 0 Å². The first-order valence-corrected chi connectivity index (χ1v) is 11.8. The van der Waals surface area contributed by atoms with E-state index in [9.17, 15) is 0 Å². The van der Waals surface area contributed by atoms with Crippen molar-refractivity contribution in [2.24, 2.45) is 23.7 Å². The highest BCUT2D eigenvalue weighted by Crippen LogP contribution is 2.46. The van der Waals surface area contributed by atoms with Gasteiger partial charge in [0, 0.05) is 0 Å². The lowest BCUT2D eigenvalue weighted by Gasteiger charge is -2.42. The van der Waals surface area contributed by atoms with Crippen LogP contribution in [0.3, 0.4) is 0 Å². The van der Waals surface area contributed by atoms with E-state index in [0.717, 1.165) is 36.0 Å². The second-order valence-electron chi connectivity index (χ2n) is 9.52. The number of hydrogen-bond acceptors (Lipinski definition) is 0. The molecule has 1 aromatic carbocycles. The molecular formula is C26H42. The van der Waals surface area contributed by atoms with E-state index in [0.29, 0.717) is 0 Å². The Balaban J connectivity index is 1.45. The highest BCUT2D eigenvalue weighted by atomic mass is 14.4. The summed E-state index contributed by atoms with van der Waals surface area (Å²) in [5, 5.41) is 0. The predicted molar refractivity (Wildman–Crippen MR) is 115 cm³/mol. The third kappa shape index (κ3) is 5.14. The lowest BCUT2D eigenvalue weighted by molar-refractivity contribution is 0.101. The van der Waals surface area contributed by atoms with Gasteiger partial charge in [-0.1, -0.05) is 77.1 Å². The fourth-order valence-electron chi connectivity index (χ4n) is 6.08. The summed E-state index contributed by atoms with van der Waals surface area (Å²) in [7, 11) is 0. The molecule has 0 heterocycles. The summed E-state index contributed by atoms with van der Waals surface area (Å²) in [6.45, 7) is 7.15. The van der Waals surface area contributed by atoms with Gasteiger partial charge in [0.05, 0.1) is 0 Å². The van der Waals surface area contributed by atoms with Gasteiger partial charge >= 0.3 is 0 Å². The summed E-state index contributed by atoms with van der Waals surface area (Å²) < 4.78 is 0. The zero-order chi connectivity index (χ0) is 18.4. The summed E-state index contributed by atoms with van der Waals surface area (Å²) >= 11 is 0. The minimum absolute atomic E-state index is 0.831. The van der Waals surface area contributed by atoms with Gasteiger partial charge in [-0.3, -0.25) is 0 Å². The Morgan fingerprint density at radius 2 is 1.58 bits per heavy atom. The molecule has 3 unspecified atom stereocenters. The van der Waals surface area contributed by atoms with E-state index in [1.165, 1.54) is 76.2 Å². The van der Waals surface area contributed by atoms with Gasteiger partial charge in [0.2, 0.25) is 0 Å². The minimum atomic E-state index is 0.831. The quantitative estimate of drug-likeness (QED) is 0.433. The van der Waals surface area contributed by atoms with Crippen LogP contribution in [-0.2, 0) is 6.42 Å². The van der Waals surface area contributed by atoms with E-state index in [4.69, 9.17) is 0 Å². The number of aryl methyl sites for hydroxylation is 1. The van der Waals surface area contributed by atoms with Crippen LogP contribution in [0.15, 0.2) is 24.3 Å². The molecule has 0 bridgehead atoms. The van der Waals surface area contributed by atoms with Gasteiger partial charge in [0.15, 0.2) is 0 Å². The Bertz CT molecular complexity index is 505. The van der Waals surface area contributed by atoms with Crippen LogP contribution in [0.4, 0.5) is 0 Å². The van der Waals surface area contributed by atoms with Crippen molar-refractivity contribution in [3.63, 3.8) is 0 Å². The highest BCUT2D eigenvalue weighted by molar-refractivity contribution is 5.25. The zero-order valence-electron chi connectivity index (χ0n) is 17.7. The van der Waals surface area contributed by atoms with E-state index < -0.39 is 0 Å². The van der Waals surface area contributed by atoms with Crippen LogP contribution in [0.25, 0.3) is 0 Å². The van der Waals surface area contributed by atoms with Crippen molar-refractivity contribution >= 4 is 0 Å². The molecule has 0 N–H and O–H groups in total. The number of rotatable bonds is 7. The Morgan fingerprint density at radius 1 is 0.846 bits per heavy atom. The number of hydrogen-bond donors (Lipinski definition) is 0. The van der Waals surface area contributed by atoms with E-state index in [1.54, 1.807) is 5.56 Å². The van der Waals surface area contributed by atoms with Gasteiger partial charge in [0.25, 0.3) is 0 Å². The monoisotopic (exact) mass is 354 g/mol.